The van der Waals surface area contributed by atoms with E-state index >= 15 is 0 Å². The van der Waals surface area contributed by atoms with Crippen LogP contribution in [0.5, 0.6) is 0 Å². The van der Waals surface area contributed by atoms with Gasteiger partial charge in [-0.05, 0) is 30.6 Å². The van der Waals surface area contributed by atoms with Crippen molar-refractivity contribution in [3.8, 4) is 0 Å². The van der Waals surface area contributed by atoms with Gasteiger partial charge in [-0.3, -0.25) is 0 Å². The summed E-state index contributed by atoms with van der Waals surface area (Å²) in [5.41, 5.74) is 0. The quantitative estimate of drug-likeness (QED) is 0.457. The third kappa shape index (κ3) is 2.40. The van der Waals surface area contributed by atoms with Gasteiger partial charge in [-0.25, -0.2) is 0 Å². The lowest BCUT2D eigenvalue weighted by Gasteiger charge is -2.14. The highest BCUT2D eigenvalue weighted by Gasteiger charge is 2.36. The minimum atomic E-state index is -0.703. The number of rotatable bonds is 4. The van der Waals surface area contributed by atoms with E-state index in [1.807, 2.05) is 0 Å². The van der Waals surface area contributed by atoms with Gasteiger partial charge in [0.2, 0.25) is 0 Å². The van der Waals surface area contributed by atoms with E-state index in [-0.39, 0.29) is 37.6 Å². The van der Waals surface area contributed by atoms with Gasteiger partial charge in [0, 0.05) is 13.2 Å². The smallest absolute Gasteiger partial charge is 0.0799 e. The predicted octanol–water partition coefficient (Wildman–Crippen LogP) is -1.03. The van der Waals surface area contributed by atoms with Crippen molar-refractivity contribution in [3.05, 3.63) is 0 Å². The van der Waals surface area contributed by atoms with E-state index in [9.17, 15) is 5.11 Å². The summed E-state index contributed by atoms with van der Waals surface area (Å²) in [5, 5.41) is 36.1. The molecule has 0 heterocycles. The molecule has 0 aromatic rings. The van der Waals surface area contributed by atoms with Crippen molar-refractivity contribution in [3.63, 3.8) is 0 Å². The van der Waals surface area contributed by atoms with Crippen LogP contribution in [0.1, 0.15) is 12.8 Å². The SMILES string of the molecule is OCC(O)C1CC(CO)C(CO)C1. The average molecular weight is 190 g/mol. The Morgan fingerprint density at radius 1 is 1.00 bits per heavy atom. The molecule has 1 saturated carbocycles. The fraction of sp³-hybridized carbons (Fsp3) is 1.00. The summed E-state index contributed by atoms with van der Waals surface area (Å²) in [4.78, 5) is 0. The second kappa shape index (κ2) is 4.91. The molecule has 1 aliphatic rings. The summed E-state index contributed by atoms with van der Waals surface area (Å²) in [6.45, 7) is -0.124. The highest BCUT2D eigenvalue weighted by Crippen LogP contribution is 2.37. The largest absolute Gasteiger partial charge is 0.396 e. The van der Waals surface area contributed by atoms with Crippen LogP contribution in [0, 0.1) is 17.8 Å². The molecule has 0 aromatic carbocycles. The summed E-state index contributed by atoms with van der Waals surface area (Å²) < 4.78 is 0. The Morgan fingerprint density at radius 2 is 1.46 bits per heavy atom. The first-order valence-corrected chi connectivity index (χ1v) is 4.73. The number of aliphatic hydroxyl groups excluding tert-OH is 4. The van der Waals surface area contributed by atoms with Crippen LogP contribution >= 0.6 is 0 Å². The standard InChI is InChI=1S/C9H18O4/c10-3-7-1-6(9(13)5-12)2-8(7)4-11/h6-13H,1-5H2. The molecule has 0 amide bonds. The molecule has 3 unspecified atom stereocenters. The first kappa shape index (κ1) is 10.9. The van der Waals surface area contributed by atoms with Crippen molar-refractivity contribution in [2.45, 2.75) is 18.9 Å². The molecule has 0 spiro atoms. The van der Waals surface area contributed by atoms with Crippen molar-refractivity contribution in [2.75, 3.05) is 19.8 Å². The molecule has 0 saturated heterocycles. The molecule has 4 nitrogen and oxygen atoms in total. The Bertz CT molecular complexity index is 139. The summed E-state index contributed by atoms with van der Waals surface area (Å²) in [7, 11) is 0. The Kier molecular flexibility index (Phi) is 4.12. The second-order valence-electron chi connectivity index (χ2n) is 3.87. The lowest BCUT2D eigenvalue weighted by Crippen LogP contribution is -2.22. The first-order valence-electron chi connectivity index (χ1n) is 4.73. The van der Waals surface area contributed by atoms with Crippen LogP contribution in [0.15, 0.2) is 0 Å². The maximum Gasteiger partial charge on any atom is 0.0799 e. The highest BCUT2D eigenvalue weighted by molar-refractivity contribution is 4.86. The van der Waals surface area contributed by atoms with Crippen LogP contribution < -0.4 is 0 Å². The molecule has 1 aliphatic carbocycles. The van der Waals surface area contributed by atoms with Crippen molar-refractivity contribution in [1.29, 1.82) is 0 Å². The molecule has 13 heavy (non-hydrogen) atoms. The molecular formula is C9H18O4. The Morgan fingerprint density at radius 3 is 1.77 bits per heavy atom. The monoisotopic (exact) mass is 190 g/mol. The van der Waals surface area contributed by atoms with Crippen LogP contribution in [0.25, 0.3) is 0 Å². The van der Waals surface area contributed by atoms with Gasteiger partial charge in [0.25, 0.3) is 0 Å². The number of hydrogen-bond acceptors (Lipinski definition) is 4. The van der Waals surface area contributed by atoms with Crippen LogP contribution in [0.4, 0.5) is 0 Å². The highest BCUT2D eigenvalue weighted by atomic mass is 16.3. The summed E-state index contributed by atoms with van der Waals surface area (Å²) in [6, 6.07) is 0. The molecule has 4 heteroatoms. The second-order valence-corrected chi connectivity index (χ2v) is 3.87. The fourth-order valence-corrected chi connectivity index (χ4v) is 2.17. The number of hydrogen-bond donors (Lipinski definition) is 4. The maximum absolute atomic E-state index is 9.37. The summed E-state index contributed by atoms with van der Waals surface area (Å²) in [5.74, 6) is 0.187. The van der Waals surface area contributed by atoms with E-state index in [0.717, 1.165) is 0 Å². The molecular weight excluding hydrogens is 172 g/mol. The first-order chi connectivity index (χ1) is 6.22. The van der Waals surface area contributed by atoms with Gasteiger partial charge in [0.05, 0.1) is 12.7 Å². The normalized spacial score (nSPS) is 36.5. The van der Waals surface area contributed by atoms with Crippen LogP contribution in [-0.2, 0) is 0 Å². The molecule has 0 aromatic heterocycles. The molecule has 1 rings (SSSR count). The van der Waals surface area contributed by atoms with E-state index in [2.05, 4.69) is 0 Å². The van der Waals surface area contributed by atoms with E-state index in [0.29, 0.717) is 12.8 Å². The van der Waals surface area contributed by atoms with Gasteiger partial charge in [-0.15, -0.1) is 0 Å². The third-order valence-corrected chi connectivity index (χ3v) is 3.08. The van der Waals surface area contributed by atoms with E-state index in [4.69, 9.17) is 15.3 Å². The van der Waals surface area contributed by atoms with Gasteiger partial charge in [-0.1, -0.05) is 0 Å². The van der Waals surface area contributed by atoms with Gasteiger partial charge in [-0.2, -0.15) is 0 Å². The minimum absolute atomic E-state index is 0.0271. The molecule has 78 valence electrons. The molecule has 0 radical (unpaired) electrons. The molecule has 4 N–H and O–H groups in total. The Hall–Kier alpha value is -0.160. The maximum atomic E-state index is 9.37. The zero-order chi connectivity index (χ0) is 9.84. The van der Waals surface area contributed by atoms with Gasteiger partial charge >= 0.3 is 0 Å². The summed E-state index contributed by atoms with van der Waals surface area (Å²) in [6.07, 6.45) is 0.693. The lowest BCUT2D eigenvalue weighted by molar-refractivity contribution is 0.0457. The molecule has 3 atom stereocenters. The summed E-state index contributed by atoms with van der Waals surface area (Å²) >= 11 is 0. The zero-order valence-corrected chi connectivity index (χ0v) is 7.63. The van der Waals surface area contributed by atoms with E-state index in [1.54, 1.807) is 0 Å². The van der Waals surface area contributed by atoms with Gasteiger partial charge < -0.3 is 20.4 Å². The van der Waals surface area contributed by atoms with Crippen molar-refractivity contribution in [2.24, 2.45) is 17.8 Å². The predicted molar refractivity (Wildman–Crippen MR) is 47.0 cm³/mol. The van der Waals surface area contributed by atoms with E-state index < -0.39 is 6.10 Å². The molecule has 0 aliphatic heterocycles. The molecule has 0 bridgehead atoms. The Labute approximate surface area is 77.8 Å². The zero-order valence-electron chi connectivity index (χ0n) is 7.63. The molecule has 1 fully saturated rings. The Balaban J connectivity index is 2.47. The minimum Gasteiger partial charge on any atom is -0.396 e. The van der Waals surface area contributed by atoms with Crippen molar-refractivity contribution < 1.29 is 20.4 Å². The average Bonchev–Trinajstić information content (AvgIpc) is 2.59. The van der Waals surface area contributed by atoms with Crippen LogP contribution in [0.3, 0.4) is 0 Å². The van der Waals surface area contributed by atoms with Crippen molar-refractivity contribution in [1.82, 2.24) is 0 Å². The van der Waals surface area contributed by atoms with Crippen molar-refractivity contribution >= 4 is 0 Å². The number of aliphatic hydroxyl groups is 4. The fourth-order valence-electron chi connectivity index (χ4n) is 2.17. The van der Waals surface area contributed by atoms with Gasteiger partial charge in [0.1, 0.15) is 0 Å². The van der Waals surface area contributed by atoms with E-state index in [1.165, 1.54) is 0 Å². The van der Waals surface area contributed by atoms with Gasteiger partial charge in [0.15, 0.2) is 0 Å². The van der Waals surface area contributed by atoms with Crippen LogP contribution in [-0.4, -0.2) is 46.4 Å². The lowest BCUT2D eigenvalue weighted by atomic mass is 9.98. The van der Waals surface area contributed by atoms with Crippen LogP contribution in [0.2, 0.25) is 0 Å². The topological polar surface area (TPSA) is 80.9 Å². The third-order valence-electron chi connectivity index (χ3n) is 3.08.